The van der Waals surface area contributed by atoms with Crippen LogP contribution in [0.3, 0.4) is 0 Å². The first-order valence-electron chi connectivity index (χ1n) is 10.2. The lowest BCUT2D eigenvalue weighted by molar-refractivity contribution is -0.00954. The fraction of sp³-hybridized carbons (Fsp3) is 0.750. The lowest BCUT2D eigenvalue weighted by Crippen LogP contribution is -2.50. The summed E-state index contributed by atoms with van der Waals surface area (Å²) in [6.45, 7) is 1.76. The zero-order chi connectivity index (χ0) is 17.7. The van der Waals surface area contributed by atoms with Gasteiger partial charge in [0.15, 0.2) is 0 Å². The molecule has 26 heavy (non-hydrogen) atoms. The first kappa shape index (κ1) is 16.5. The first-order valence-corrected chi connectivity index (χ1v) is 10.2. The van der Waals surface area contributed by atoms with Crippen LogP contribution in [-0.4, -0.2) is 35.0 Å². The summed E-state index contributed by atoms with van der Waals surface area (Å²) in [5, 5.41) is 6.24. The van der Waals surface area contributed by atoms with E-state index in [1.807, 2.05) is 0 Å². The summed E-state index contributed by atoms with van der Waals surface area (Å²) in [5.74, 6) is 2.93. The van der Waals surface area contributed by atoms with E-state index in [4.69, 9.17) is 0 Å². The molecule has 2 heterocycles. The van der Waals surface area contributed by atoms with Crippen molar-refractivity contribution < 1.29 is 4.79 Å². The van der Waals surface area contributed by atoms with Crippen molar-refractivity contribution in [1.29, 1.82) is 0 Å². The summed E-state index contributed by atoms with van der Waals surface area (Å²) in [6, 6.07) is 0.0958. The Labute approximate surface area is 153 Å². The van der Waals surface area contributed by atoms with E-state index in [2.05, 4.69) is 20.6 Å². The van der Waals surface area contributed by atoms with Gasteiger partial charge >= 0.3 is 0 Å². The molecule has 4 saturated carbocycles. The third-order valence-electron chi connectivity index (χ3n) is 7.22. The Morgan fingerprint density at radius 3 is 2.42 bits per heavy atom. The molecule has 6 heteroatoms. The minimum absolute atomic E-state index is 0.0518. The molecule has 1 aliphatic heterocycles. The molecule has 1 atom stereocenters. The number of nitrogens with zero attached hydrogens (tertiary/aromatic N) is 1. The van der Waals surface area contributed by atoms with Gasteiger partial charge in [-0.2, -0.15) is 0 Å². The summed E-state index contributed by atoms with van der Waals surface area (Å²) in [7, 11) is 0. The van der Waals surface area contributed by atoms with Crippen LogP contribution in [0.2, 0.25) is 0 Å². The van der Waals surface area contributed by atoms with E-state index in [1.165, 1.54) is 25.5 Å². The molecule has 1 amide bonds. The number of aromatic nitrogens is 2. The third-order valence-corrected chi connectivity index (χ3v) is 7.22. The number of aromatic amines is 1. The smallest absolute Gasteiger partial charge is 0.263 e. The van der Waals surface area contributed by atoms with E-state index in [-0.39, 0.29) is 28.5 Å². The van der Waals surface area contributed by atoms with Crippen LogP contribution < -0.4 is 16.2 Å². The third kappa shape index (κ3) is 2.79. The predicted octanol–water partition coefficient (Wildman–Crippen LogP) is 1.72. The molecule has 5 fully saturated rings. The summed E-state index contributed by atoms with van der Waals surface area (Å²) in [5.41, 5.74) is -0.0907. The van der Waals surface area contributed by atoms with Crippen molar-refractivity contribution in [1.82, 2.24) is 20.6 Å². The second kappa shape index (κ2) is 6.19. The molecule has 4 bridgehead atoms. The molecule has 0 unspecified atom stereocenters. The van der Waals surface area contributed by atoms with Gasteiger partial charge < -0.3 is 15.6 Å². The van der Waals surface area contributed by atoms with Gasteiger partial charge in [-0.05, 0) is 75.7 Å². The van der Waals surface area contributed by atoms with E-state index in [1.54, 1.807) is 0 Å². The molecule has 6 nitrogen and oxygen atoms in total. The number of carbonyl (C=O) groups excluding carboxylic acids is 1. The van der Waals surface area contributed by atoms with Crippen LogP contribution in [-0.2, 0) is 5.41 Å². The van der Waals surface area contributed by atoms with Crippen LogP contribution in [0.5, 0.6) is 0 Å². The standard InChI is InChI=1S/C20H28N4O2/c25-17(23-15-2-1-3-21-10-15)16-11-22-19(24-18(16)26)20-7-12-4-13(8-20)6-14(5-12)9-20/h11-15,21H,1-10H2,(H,23,25)(H,22,24,26)/t12?,13?,14?,15-,20?/m1/s1. The van der Waals surface area contributed by atoms with E-state index < -0.39 is 0 Å². The molecule has 140 valence electrons. The highest BCUT2D eigenvalue weighted by Gasteiger charge is 2.52. The Hall–Kier alpha value is -1.69. The minimum atomic E-state index is -0.301. The number of carbonyl (C=O) groups is 1. The molecule has 5 aliphatic rings. The van der Waals surface area contributed by atoms with Crippen LogP contribution in [0.1, 0.15) is 67.5 Å². The number of rotatable bonds is 3. The molecule has 6 rings (SSSR count). The van der Waals surface area contributed by atoms with Gasteiger partial charge in [0.1, 0.15) is 11.4 Å². The average molecular weight is 356 g/mol. The van der Waals surface area contributed by atoms with Gasteiger partial charge in [0, 0.05) is 24.2 Å². The Morgan fingerprint density at radius 2 is 1.85 bits per heavy atom. The molecule has 0 spiro atoms. The van der Waals surface area contributed by atoms with Crippen molar-refractivity contribution >= 4 is 5.91 Å². The van der Waals surface area contributed by atoms with Crippen molar-refractivity contribution in [2.75, 3.05) is 13.1 Å². The van der Waals surface area contributed by atoms with Gasteiger partial charge in [-0.25, -0.2) is 4.98 Å². The Morgan fingerprint density at radius 1 is 1.15 bits per heavy atom. The fourth-order valence-corrected chi connectivity index (χ4v) is 6.46. The second-order valence-electron chi connectivity index (χ2n) is 9.19. The number of piperidine rings is 1. The molecule has 1 saturated heterocycles. The van der Waals surface area contributed by atoms with Crippen LogP contribution in [0.25, 0.3) is 0 Å². The largest absolute Gasteiger partial charge is 0.348 e. The number of H-pyrrole nitrogens is 1. The molecule has 3 N–H and O–H groups in total. The molecular weight excluding hydrogens is 328 g/mol. The molecule has 0 aromatic carbocycles. The van der Waals surface area contributed by atoms with Crippen molar-refractivity contribution in [3.05, 3.63) is 27.9 Å². The maximum absolute atomic E-state index is 12.6. The Balaban J connectivity index is 1.37. The van der Waals surface area contributed by atoms with Gasteiger partial charge in [0.25, 0.3) is 11.5 Å². The predicted molar refractivity (Wildman–Crippen MR) is 98.1 cm³/mol. The number of hydrogen-bond acceptors (Lipinski definition) is 4. The van der Waals surface area contributed by atoms with Crippen molar-refractivity contribution in [2.45, 2.75) is 62.8 Å². The van der Waals surface area contributed by atoms with E-state index >= 15 is 0 Å². The zero-order valence-corrected chi connectivity index (χ0v) is 15.2. The van der Waals surface area contributed by atoms with Crippen molar-refractivity contribution in [3.63, 3.8) is 0 Å². The summed E-state index contributed by atoms with van der Waals surface area (Å²) < 4.78 is 0. The molecule has 0 radical (unpaired) electrons. The van der Waals surface area contributed by atoms with Crippen LogP contribution in [0.4, 0.5) is 0 Å². The van der Waals surface area contributed by atoms with E-state index in [0.29, 0.717) is 0 Å². The highest BCUT2D eigenvalue weighted by Crippen LogP contribution is 2.59. The number of nitrogens with one attached hydrogen (secondary N) is 3. The highest BCUT2D eigenvalue weighted by molar-refractivity contribution is 5.93. The van der Waals surface area contributed by atoms with E-state index in [0.717, 1.165) is 68.8 Å². The highest BCUT2D eigenvalue weighted by atomic mass is 16.2. The van der Waals surface area contributed by atoms with Gasteiger partial charge in [-0.1, -0.05) is 0 Å². The van der Waals surface area contributed by atoms with Gasteiger partial charge in [0.05, 0.1) is 0 Å². The summed E-state index contributed by atoms with van der Waals surface area (Å²) >= 11 is 0. The van der Waals surface area contributed by atoms with E-state index in [9.17, 15) is 9.59 Å². The van der Waals surface area contributed by atoms with Gasteiger partial charge in [0.2, 0.25) is 0 Å². The Bertz CT molecular complexity index is 730. The number of amides is 1. The average Bonchev–Trinajstić information content (AvgIpc) is 2.61. The van der Waals surface area contributed by atoms with Crippen LogP contribution >= 0.6 is 0 Å². The molecule has 4 aliphatic carbocycles. The Kier molecular flexibility index (Phi) is 3.92. The number of hydrogen-bond donors (Lipinski definition) is 3. The monoisotopic (exact) mass is 356 g/mol. The SMILES string of the molecule is O=C(N[C@@H]1CCCNC1)c1cnc(C23CC4CC(CC(C4)C2)C3)[nH]c1=O. The summed E-state index contributed by atoms with van der Waals surface area (Å²) in [6.07, 6.45) is 11.1. The maximum Gasteiger partial charge on any atom is 0.263 e. The minimum Gasteiger partial charge on any atom is -0.348 e. The molecule has 1 aromatic rings. The topological polar surface area (TPSA) is 86.9 Å². The maximum atomic E-state index is 12.6. The lowest BCUT2D eigenvalue weighted by atomic mass is 9.49. The fourth-order valence-electron chi connectivity index (χ4n) is 6.46. The molecule has 1 aromatic heterocycles. The van der Waals surface area contributed by atoms with Crippen LogP contribution in [0.15, 0.2) is 11.0 Å². The quantitative estimate of drug-likeness (QED) is 0.770. The molecular formula is C20H28N4O2. The van der Waals surface area contributed by atoms with Crippen molar-refractivity contribution in [2.24, 2.45) is 17.8 Å². The zero-order valence-electron chi connectivity index (χ0n) is 15.2. The second-order valence-corrected chi connectivity index (χ2v) is 9.19. The lowest BCUT2D eigenvalue weighted by Gasteiger charge is -2.56. The first-order chi connectivity index (χ1) is 12.6. The summed E-state index contributed by atoms with van der Waals surface area (Å²) in [4.78, 5) is 32.8. The normalized spacial score (nSPS) is 38.3. The van der Waals surface area contributed by atoms with Gasteiger partial charge in [-0.3, -0.25) is 9.59 Å². The van der Waals surface area contributed by atoms with Gasteiger partial charge in [-0.15, -0.1) is 0 Å². The van der Waals surface area contributed by atoms with Crippen molar-refractivity contribution in [3.8, 4) is 0 Å². The van der Waals surface area contributed by atoms with Crippen LogP contribution in [0, 0.1) is 17.8 Å².